The van der Waals surface area contributed by atoms with Crippen molar-refractivity contribution in [2.75, 3.05) is 13.6 Å². The Kier molecular flexibility index (Phi) is 6.48. The maximum Gasteiger partial charge on any atom is 0.159 e. The van der Waals surface area contributed by atoms with Crippen LogP contribution in [0.25, 0.3) is 0 Å². The predicted octanol–water partition coefficient (Wildman–Crippen LogP) is 2.17. The van der Waals surface area contributed by atoms with Crippen LogP contribution in [0, 0.1) is 11.6 Å². The highest BCUT2D eigenvalue weighted by atomic mass is 35.5. The molecule has 1 aromatic rings. The fraction of sp³-hybridized carbons (Fsp3) is 0.455. The number of halogens is 3. The first-order valence-corrected chi connectivity index (χ1v) is 4.89. The molecule has 0 saturated heterocycles. The summed E-state index contributed by atoms with van der Waals surface area (Å²) in [7, 11) is 1.90. The maximum absolute atomic E-state index is 12.9. The van der Waals surface area contributed by atoms with Gasteiger partial charge >= 0.3 is 0 Å². The van der Waals surface area contributed by atoms with Crippen molar-refractivity contribution in [3.63, 3.8) is 0 Å². The number of nitrogens with zero attached hydrogens (tertiary/aromatic N) is 1. The van der Waals surface area contributed by atoms with E-state index in [0.29, 0.717) is 13.1 Å². The largest absolute Gasteiger partial charge is 0.329 e. The van der Waals surface area contributed by atoms with Crippen LogP contribution in [0.3, 0.4) is 0 Å². The first kappa shape index (κ1) is 15.3. The van der Waals surface area contributed by atoms with Gasteiger partial charge in [-0.15, -0.1) is 12.4 Å². The van der Waals surface area contributed by atoms with E-state index in [4.69, 9.17) is 5.73 Å². The smallest absolute Gasteiger partial charge is 0.159 e. The molecule has 0 heterocycles. The molecule has 0 spiro atoms. The van der Waals surface area contributed by atoms with Gasteiger partial charge in [-0.05, 0) is 31.7 Å². The Labute approximate surface area is 101 Å². The number of hydrogen-bond donors (Lipinski definition) is 1. The van der Waals surface area contributed by atoms with Crippen molar-refractivity contribution in [3.05, 3.63) is 35.4 Å². The van der Waals surface area contributed by atoms with Crippen LogP contribution in [0.5, 0.6) is 0 Å². The SMILES string of the molecule is CC(CN)N(C)Cc1ccc(F)c(F)c1.Cl. The molecule has 0 aromatic heterocycles. The van der Waals surface area contributed by atoms with Crippen molar-refractivity contribution >= 4 is 12.4 Å². The molecular formula is C11H17ClF2N2. The molecule has 0 aliphatic carbocycles. The molecule has 0 radical (unpaired) electrons. The average molecular weight is 251 g/mol. The normalized spacial score (nSPS) is 12.4. The zero-order chi connectivity index (χ0) is 11.4. The van der Waals surface area contributed by atoms with E-state index in [0.717, 1.165) is 11.6 Å². The molecule has 1 atom stereocenters. The van der Waals surface area contributed by atoms with Gasteiger partial charge in [0.15, 0.2) is 11.6 Å². The number of nitrogens with two attached hydrogens (primary N) is 1. The monoisotopic (exact) mass is 250 g/mol. The molecule has 1 rings (SSSR count). The van der Waals surface area contributed by atoms with E-state index in [1.54, 1.807) is 6.07 Å². The van der Waals surface area contributed by atoms with Gasteiger partial charge in [-0.3, -0.25) is 4.90 Å². The highest BCUT2D eigenvalue weighted by Gasteiger charge is 2.09. The van der Waals surface area contributed by atoms with Gasteiger partial charge in [0.05, 0.1) is 0 Å². The molecule has 5 heteroatoms. The van der Waals surface area contributed by atoms with Crippen LogP contribution in [0.15, 0.2) is 18.2 Å². The second-order valence-corrected chi connectivity index (χ2v) is 3.75. The highest BCUT2D eigenvalue weighted by Crippen LogP contribution is 2.11. The fourth-order valence-electron chi connectivity index (χ4n) is 1.26. The molecule has 1 aromatic carbocycles. The van der Waals surface area contributed by atoms with Crippen LogP contribution < -0.4 is 5.73 Å². The summed E-state index contributed by atoms with van der Waals surface area (Å²) in [4.78, 5) is 1.99. The lowest BCUT2D eigenvalue weighted by atomic mass is 10.2. The van der Waals surface area contributed by atoms with E-state index in [1.165, 1.54) is 6.07 Å². The molecule has 0 fully saturated rings. The molecule has 1 unspecified atom stereocenters. The van der Waals surface area contributed by atoms with E-state index in [1.807, 2.05) is 18.9 Å². The zero-order valence-electron chi connectivity index (χ0n) is 9.41. The van der Waals surface area contributed by atoms with E-state index >= 15 is 0 Å². The Balaban J connectivity index is 0.00000225. The first-order valence-electron chi connectivity index (χ1n) is 4.89. The van der Waals surface area contributed by atoms with Crippen LogP contribution >= 0.6 is 12.4 Å². The van der Waals surface area contributed by atoms with E-state index in [-0.39, 0.29) is 18.4 Å². The summed E-state index contributed by atoms with van der Waals surface area (Å²) in [5, 5.41) is 0. The van der Waals surface area contributed by atoms with Crippen LogP contribution in [0.2, 0.25) is 0 Å². The van der Waals surface area contributed by atoms with Gasteiger partial charge in [0.2, 0.25) is 0 Å². The molecule has 0 amide bonds. The van der Waals surface area contributed by atoms with Crippen LogP contribution in [-0.4, -0.2) is 24.5 Å². The lowest BCUT2D eigenvalue weighted by Gasteiger charge is -2.23. The van der Waals surface area contributed by atoms with Gasteiger partial charge in [0.1, 0.15) is 0 Å². The van der Waals surface area contributed by atoms with Crippen molar-refractivity contribution in [1.82, 2.24) is 4.90 Å². The van der Waals surface area contributed by atoms with E-state index < -0.39 is 11.6 Å². The van der Waals surface area contributed by atoms with Crippen molar-refractivity contribution in [3.8, 4) is 0 Å². The zero-order valence-corrected chi connectivity index (χ0v) is 10.2. The van der Waals surface area contributed by atoms with Crippen LogP contribution in [0.1, 0.15) is 12.5 Å². The fourth-order valence-corrected chi connectivity index (χ4v) is 1.26. The van der Waals surface area contributed by atoms with Gasteiger partial charge in [-0.2, -0.15) is 0 Å². The lowest BCUT2D eigenvalue weighted by molar-refractivity contribution is 0.254. The molecule has 92 valence electrons. The summed E-state index contributed by atoms with van der Waals surface area (Å²) >= 11 is 0. The Bertz CT molecular complexity index is 334. The summed E-state index contributed by atoms with van der Waals surface area (Å²) in [6.07, 6.45) is 0. The molecule has 0 aliphatic heterocycles. The first-order chi connectivity index (χ1) is 7.04. The number of rotatable bonds is 4. The molecular weight excluding hydrogens is 234 g/mol. The Morgan fingerprint density at radius 3 is 2.44 bits per heavy atom. The molecule has 0 bridgehead atoms. The molecule has 2 nitrogen and oxygen atoms in total. The van der Waals surface area contributed by atoms with Crippen molar-refractivity contribution in [2.24, 2.45) is 5.73 Å². The topological polar surface area (TPSA) is 29.3 Å². The van der Waals surface area contributed by atoms with E-state index in [9.17, 15) is 8.78 Å². The number of hydrogen-bond acceptors (Lipinski definition) is 2. The summed E-state index contributed by atoms with van der Waals surface area (Å²) in [6, 6.07) is 4.16. The third-order valence-electron chi connectivity index (χ3n) is 2.51. The second kappa shape index (κ2) is 6.78. The van der Waals surface area contributed by atoms with Crippen molar-refractivity contribution in [1.29, 1.82) is 0 Å². The number of benzene rings is 1. The standard InChI is InChI=1S/C11H16F2N2.ClH/c1-8(6-14)15(2)7-9-3-4-10(12)11(13)5-9;/h3-5,8H,6-7,14H2,1-2H3;1H. The minimum atomic E-state index is -0.812. The minimum absolute atomic E-state index is 0. The highest BCUT2D eigenvalue weighted by molar-refractivity contribution is 5.85. The Hall–Kier alpha value is -0.710. The third kappa shape index (κ3) is 4.04. The average Bonchev–Trinajstić information content (AvgIpc) is 2.22. The predicted molar refractivity (Wildman–Crippen MR) is 63.6 cm³/mol. The van der Waals surface area contributed by atoms with E-state index in [2.05, 4.69) is 0 Å². The van der Waals surface area contributed by atoms with Gasteiger partial charge < -0.3 is 5.73 Å². The maximum atomic E-state index is 12.9. The molecule has 0 aliphatic rings. The van der Waals surface area contributed by atoms with Crippen molar-refractivity contribution < 1.29 is 8.78 Å². The Morgan fingerprint density at radius 1 is 1.31 bits per heavy atom. The molecule has 16 heavy (non-hydrogen) atoms. The van der Waals surface area contributed by atoms with Gasteiger partial charge in [-0.1, -0.05) is 6.07 Å². The van der Waals surface area contributed by atoms with Crippen molar-refractivity contribution in [2.45, 2.75) is 19.5 Å². The summed E-state index contributed by atoms with van der Waals surface area (Å²) in [5.41, 5.74) is 6.25. The van der Waals surface area contributed by atoms with Crippen LogP contribution in [-0.2, 0) is 6.54 Å². The quantitative estimate of drug-likeness (QED) is 0.888. The summed E-state index contributed by atoms with van der Waals surface area (Å²) < 4.78 is 25.5. The third-order valence-corrected chi connectivity index (χ3v) is 2.51. The summed E-state index contributed by atoms with van der Waals surface area (Å²) in [5.74, 6) is -1.62. The second-order valence-electron chi connectivity index (χ2n) is 3.75. The van der Waals surface area contributed by atoms with Gasteiger partial charge in [0.25, 0.3) is 0 Å². The number of likely N-dealkylation sites (N-methyl/N-ethyl adjacent to an activating group) is 1. The Morgan fingerprint density at radius 2 is 1.94 bits per heavy atom. The molecule has 0 saturated carbocycles. The van der Waals surface area contributed by atoms with Crippen LogP contribution in [0.4, 0.5) is 8.78 Å². The summed E-state index contributed by atoms with van der Waals surface area (Å²) in [6.45, 7) is 3.09. The minimum Gasteiger partial charge on any atom is -0.329 e. The molecule has 2 N–H and O–H groups in total. The lowest BCUT2D eigenvalue weighted by Crippen LogP contribution is -2.34. The van der Waals surface area contributed by atoms with Gasteiger partial charge in [-0.25, -0.2) is 8.78 Å². The van der Waals surface area contributed by atoms with Gasteiger partial charge in [0, 0.05) is 19.1 Å².